The van der Waals surface area contributed by atoms with Gasteiger partial charge in [-0.05, 0) is 42.3 Å². The van der Waals surface area contributed by atoms with E-state index in [1.165, 1.54) is 34.6 Å². The minimum atomic E-state index is -3.56. The fraction of sp³-hybridized carbons (Fsp3) is 0.350. The first-order valence-corrected chi connectivity index (χ1v) is 11.3. The Kier molecular flexibility index (Phi) is 7.82. The maximum atomic E-state index is 12.6. The Balaban J connectivity index is 1.54. The van der Waals surface area contributed by atoms with Gasteiger partial charge in [0, 0.05) is 25.2 Å². The molecule has 1 aliphatic heterocycles. The Hall–Kier alpha value is -2.27. The van der Waals surface area contributed by atoms with E-state index in [1.807, 2.05) is 0 Å². The Morgan fingerprint density at radius 3 is 2.45 bits per heavy atom. The monoisotopic (exact) mass is 474 g/mol. The summed E-state index contributed by atoms with van der Waals surface area (Å²) in [5.74, 6) is -0.481. The summed E-state index contributed by atoms with van der Waals surface area (Å²) in [4.78, 5) is 12.4. The second-order valence-corrected chi connectivity index (χ2v) is 9.08. The van der Waals surface area contributed by atoms with Gasteiger partial charge in [-0.25, -0.2) is 8.42 Å². The quantitative estimate of drug-likeness (QED) is 0.632. The molecule has 1 saturated heterocycles. The first-order valence-electron chi connectivity index (χ1n) is 9.47. The average molecular weight is 475 g/mol. The number of hydrogen-bond donors (Lipinski definition) is 1. The summed E-state index contributed by atoms with van der Waals surface area (Å²) in [5, 5.41) is 2.59. The third kappa shape index (κ3) is 6.36. The van der Waals surface area contributed by atoms with Crippen molar-refractivity contribution in [1.82, 2.24) is 4.31 Å². The van der Waals surface area contributed by atoms with Crippen molar-refractivity contribution in [2.45, 2.75) is 24.3 Å². The normalized spacial score (nSPS) is 15.1. The van der Waals surface area contributed by atoms with Crippen molar-refractivity contribution in [3.63, 3.8) is 0 Å². The van der Waals surface area contributed by atoms with Crippen LogP contribution in [-0.2, 0) is 26.0 Å². The van der Waals surface area contributed by atoms with E-state index in [4.69, 9.17) is 16.3 Å². The lowest BCUT2D eigenvalue weighted by molar-refractivity contribution is -0.116. The molecule has 1 aliphatic rings. The number of carbonyl (C=O) groups excluding carboxylic acids is 1. The number of alkyl halides is 2. The molecule has 0 spiro atoms. The number of hydrogen-bond acceptors (Lipinski definition) is 5. The summed E-state index contributed by atoms with van der Waals surface area (Å²) in [6.45, 7) is -1.60. The van der Waals surface area contributed by atoms with Crippen LogP contribution in [0.15, 0.2) is 47.4 Å². The summed E-state index contributed by atoms with van der Waals surface area (Å²) in [6, 6.07) is 10.4. The zero-order valence-corrected chi connectivity index (χ0v) is 18.0. The number of morpholine rings is 1. The molecule has 1 fully saturated rings. The van der Waals surface area contributed by atoms with Crippen molar-refractivity contribution in [1.29, 1.82) is 0 Å². The van der Waals surface area contributed by atoms with Crippen molar-refractivity contribution in [3.05, 3.63) is 53.1 Å². The Bertz CT molecular complexity index is 1010. The second-order valence-electron chi connectivity index (χ2n) is 6.73. The first-order chi connectivity index (χ1) is 14.8. The average Bonchev–Trinajstić information content (AvgIpc) is 2.75. The standard InChI is InChI=1S/C20H21ClF2N2O5S/c21-17-13-15(4-7-18(17)30-20(22)23)24-19(26)8-3-14-1-5-16(6-2-14)31(27,28)25-9-11-29-12-10-25/h1-2,4-7,13,20H,3,8-12H2,(H,24,26). The highest BCUT2D eigenvalue weighted by Crippen LogP contribution is 2.29. The van der Waals surface area contributed by atoms with Gasteiger partial charge in [0.15, 0.2) is 0 Å². The zero-order chi connectivity index (χ0) is 22.4. The van der Waals surface area contributed by atoms with Crippen LogP contribution in [0.5, 0.6) is 5.75 Å². The van der Waals surface area contributed by atoms with Crippen molar-refractivity contribution in [3.8, 4) is 5.75 Å². The molecular weight excluding hydrogens is 454 g/mol. The Morgan fingerprint density at radius 2 is 1.84 bits per heavy atom. The molecule has 0 aliphatic carbocycles. The predicted octanol–water partition coefficient (Wildman–Crippen LogP) is 3.53. The van der Waals surface area contributed by atoms with Gasteiger partial charge in [0.05, 0.1) is 23.1 Å². The fourth-order valence-electron chi connectivity index (χ4n) is 3.02. The molecule has 7 nitrogen and oxygen atoms in total. The van der Waals surface area contributed by atoms with Crippen LogP contribution in [0.1, 0.15) is 12.0 Å². The molecule has 31 heavy (non-hydrogen) atoms. The third-order valence-corrected chi connectivity index (χ3v) is 6.81. The highest BCUT2D eigenvalue weighted by molar-refractivity contribution is 7.89. The Morgan fingerprint density at radius 1 is 1.16 bits per heavy atom. The number of anilines is 1. The number of carbonyl (C=O) groups is 1. The number of nitrogens with zero attached hydrogens (tertiary/aromatic N) is 1. The number of halogens is 3. The van der Waals surface area contributed by atoms with E-state index in [1.54, 1.807) is 12.1 Å². The van der Waals surface area contributed by atoms with Crippen LogP contribution in [0.2, 0.25) is 5.02 Å². The van der Waals surface area contributed by atoms with Crippen LogP contribution in [0.25, 0.3) is 0 Å². The molecule has 0 saturated carbocycles. The van der Waals surface area contributed by atoms with Gasteiger partial charge in [-0.15, -0.1) is 0 Å². The maximum absolute atomic E-state index is 12.6. The highest BCUT2D eigenvalue weighted by Gasteiger charge is 2.26. The van der Waals surface area contributed by atoms with Crippen LogP contribution in [0.4, 0.5) is 14.5 Å². The highest BCUT2D eigenvalue weighted by atomic mass is 35.5. The van der Waals surface area contributed by atoms with E-state index in [0.29, 0.717) is 38.4 Å². The van der Waals surface area contributed by atoms with E-state index in [9.17, 15) is 22.0 Å². The van der Waals surface area contributed by atoms with Crippen molar-refractivity contribution in [2.24, 2.45) is 0 Å². The van der Waals surface area contributed by atoms with Gasteiger partial charge < -0.3 is 14.8 Å². The third-order valence-electron chi connectivity index (χ3n) is 4.60. The number of aryl methyl sites for hydroxylation is 1. The molecule has 1 heterocycles. The molecule has 0 bridgehead atoms. The van der Waals surface area contributed by atoms with Gasteiger partial charge >= 0.3 is 6.61 Å². The molecular formula is C20H21ClF2N2O5S. The molecule has 0 atom stereocenters. The molecule has 0 unspecified atom stereocenters. The molecule has 11 heteroatoms. The van der Waals surface area contributed by atoms with E-state index in [-0.39, 0.29) is 28.0 Å². The molecule has 168 valence electrons. The van der Waals surface area contributed by atoms with Crippen molar-refractivity contribution in [2.75, 3.05) is 31.6 Å². The largest absolute Gasteiger partial charge is 0.433 e. The Labute approximate surface area is 183 Å². The van der Waals surface area contributed by atoms with Gasteiger partial charge in [-0.2, -0.15) is 13.1 Å². The molecule has 3 rings (SSSR count). The molecule has 2 aromatic carbocycles. The predicted molar refractivity (Wildman–Crippen MR) is 111 cm³/mol. The molecule has 1 N–H and O–H groups in total. The number of nitrogens with one attached hydrogen (secondary N) is 1. The maximum Gasteiger partial charge on any atom is 0.387 e. The lowest BCUT2D eigenvalue weighted by Gasteiger charge is -2.26. The number of sulfonamides is 1. The van der Waals surface area contributed by atoms with Crippen LogP contribution in [0.3, 0.4) is 0 Å². The van der Waals surface area contributed by atoms with Crippen molar-refractivity contribution < 1.29 is 31.5 Å². The van der Waals surface area contributed by atoms with Gasteiger partial charge in [0.25, 0.3) is 0 Å². The molecule has 0 aromatic heterocycles. The first kappa shape index (κ1) is 23.4. The lowest BCUT2D eigenvalue weighted by Crippen LogP contribution is -2.40. The number of amides is 1. The van der Waals surface area contributed by atoms with E-state index >= 15 is 0 Å². The second kappa shape index (κ2) is 10.4. The van der Waals surface area contributed by atoms with E-state index in [2.05, 4.69) is 10.1 Å². The minimum absolute atomic E-state index is 0.0461. The molecule has 2 aromatic rings. The van der Waals surface area contributed by atoms with Crippen LogP contribution in [-0.4, -0.2) is 51.5 Å². The SMILES string of the molecule is O=C(CCc1ccc(S(=O)(=O)N2CCOCC2)cc1)Nc1ccc(OC(F)F)c(Cl)c1. The smallest absolute Gasteiger partial charge is 0.387 e. The lowest BCUT2D eigenvalue weighted by atomic mass is 10.1. The van der Waals surface area contributed by atoms with E-state index < -0.39 is 16.6 Å². The van der Waals surface area contributed by atoms with Crippen molar-refractivity contribution >= 4 is 33.2 Å². The van der Waals surface area contributed by atoms with Gasteiger partial charge in [-0.3, -0.25) is 4.79 Å². The molecule has 0 radical (unpaired) electrons. The number of ether oxygens (including phenoxy) is 2. The van der Waals surface area contributed by atoms with Crippen LogP contribution < -0.4 is 10.1 Å². The number of benzene rings is 2. The van der Waals surface area contributed by atoms with Gasteiger partial charge in [0.2, 0.25) is 15.9 Å². The van der Waals surface area contributed by atoms with Crippen LogP contribution >= 0.6 is 11.6 Å². The summed E-state index contributed by atoms with van der Waals surface area (Å²) in [7, 11) is -3.56. The topological polar surface area (TPSA) is 84.9 Å². The van der Waals surface area contributed by atoms with E-state index in [0.717, 1.165) is 5.56 Å². The number of rotatable bonds is 8. The summed E-state index contributed by atoms with van der Waals surface area (Å²) in [6.07, 6.45) is 0.534. The van der Waals surface area contributed by atoms with Crippen LogP contribution in [0, 0.1) is 0 Å². The minimum Gasteiger partial charge on any atom is -0.433 e. The van der Waals surface area contributed by atoms with Gasteiger partial charge in [-0.1, -0.05) is 23.7 Å². The van der Waals surface area contributed by atoms with Gasteiger partial charge in [0.1, 0.15) is 5.75 Å². The molecule has 1 amide bonds. The zero-order valence-electron chi connectivity index (χ0n) is 16.4. The summed E-state index contributed by atoms with van der Waals surface area (Å²) >= 11 is 5.87. The fourth-order valence-corrected chi connectivity index (χ4v) is 4.65. The summed E-state index contributed by atoms with van der Waals surface area (Å²) in [5.41, 5.74) is 1.15. The summed E-state index contributed by atoms with van der Waals surface area (Å²) < 4.78 is 60.6.